The van der Waals surface area contributed by atoms with Crippen molar-refractivity contribution >= 4 is 23.5 Å². The molecule has 18 heavy (non-hydrogen) atoms. The van der Waals surface area contributed by atoms with E-state index in [1.165, 1.54) is 9.80 Å². The number of carbonyl (C=O) groups excluding carboxylic acids is 1. The molecule has 1 rings (SSSR count). The summed E-state index contributed by atoms with van der Waals surface area (Å²) in [6, 6.07) is 6.46. The summed E-state index contributed by atoms with van der Waals surface area (Å²) >= 11 is 0. The first-order valence-electron chi connectivity index (χ1n) is 5.54. The zero-order valence-electron chi connectivity index (χ0n) is 10.7. The van der Waals surface area contributed by atoms with Crippen molar-refractivity contribution in [3.63, 3.8) is 0 Å². The Balaban J connectivity index is 2.91. The highest BCUT2D eigenvalue weighted by Gasteiger charge is 2.12. The molecule has 0 unspecified atom stereocenters. The zero-order valence-corrected chi connectivity index (χ0v) is 10.7. The summed E-state index contributed by atoms with van der Waals surface area (Å²) in [5.74, 6) is 0. The third kappa shape index (κ3) is 3.38. The Morgan fingerprint density at radius 1 is 1.33 bits per heavy atom. The molecule has 6 nitrogen and oxygen atoms in total. The molecular weight excluding hydrogens is 234 g/mol. The van der Waals surface area contributed by atoms with E-state index >= 15 is 0 Å². The SMILES string of the molecule is CCN(C(=O)O)c1cccc(NC(=O)N(C)C)c1. The molecular formula is C12H17N3O3. The Morgan fingerprint density at radius 2 is 2.00 bits per heavy atom. The number of amides is 3. The number of hydrogen-bond acceptors (Lipinski definition) is 2. The number of hydrogen-bond donors (Lipinski definition) is 2. The van der Waals surface area contributed by atoms with E-state index in [0.717, 1.165) is 0 Å². The number of urea groups is 1. The van der Waals surface area contributed by atoms with Crippen LogP contribution in [0.2, 0.25) is 0 Å². The van der Waals surface area contributed by atoms with Crippen LogP contribution in [0.15, 0.2) is 24.3 Å². The minimum Gasteiger partial charge on any atom is -0.465 e. The number of rotatable bonds is 3. The van der Waals surface area contributed by atoms with Crippen molar-refractivity contribution < 1.29 is 14.7 Å². The van der Waals surface area contributed by atoms with Gasteiger partial charge in [0.05, 0.1) is 0 Å². The molecule has 0 saturated heterocycles. The van der Waals surface area contributed by atoms with Gasteiger partial charge in [-0.1, -0.05) is 6.07 Å². The van der Waals surface area contributed by atoms with Gasteiger partial charge in [-0.25, -0.2) is 9.59 Å². The van der Waals surface area contributed by atoms with Crippen LogP contribution in [0.25, 0.3) is 0 Å². The van der Waals surface area contributed by atoms with Crippen LogP contribution in [0.4, 0.5) is 21.0 Å². The molecule has 6 heteroatoms. The van der Waals surface area contributed by atoms with Gasteiger partial charge in [-0.2, -0.15) is 0 Å². The molecule has 0 atom stereocenters. The van der Waals surface area contributed by atoms with Gasteiger partial charge in [0.15, 0.2) is 0 Å². The fraction of sp³-hybridized carbons (Fsp3) is 0.333. The van der Waals surface area contributed by atoms with E-state index in [1.54, 1.807) is 45.3 Å². The van der Waals surface area contributed by atoms with E-state index in [-0.39, 0.29) is 6.03 Å². The van der Waals surface area contributed by atoms with Gasteiger partial charge in [-0.15, -0.1) is 0 Å². The summed E-state index contributed by atoms with van der Waals surface area (Å²) in [5, 5.41) is 11.7. The Morgan fingerprint density at radius 3 is 2.50 bits per heavy atom. The maximum atomic E-state index is 11.5. The van der Waals surface area contributed by atoms with Crippen molar-refractivity contribution in [2.45, 2.75) is 6.92 Å². The van der Waals surface area contributed by atoms with Crippen LogP contribution in [0.5, 0.6) is 0 Å². The van der Waals surface area contributed by atoms with Gasteiger partial charge >= 0.3 is 12.1 Å². The molecule has 0 heterocycles. The quantitative estimate of drug-likeness (QED) is 0.865. The number of nitrogens with one attached hydrogen (secondary N) is 1. The molecule has 1 aromatic rings. The third-order valence-corrected chi connectivity index (χ3v) is 2.36. The number of nitrogens with zero attached hydrogens (tertiary/aromatic N) is 2. The average molecular weight is 251 g/mol. The van der Waals surface area contributed by atoms with Crippen LogP contribution in [-0.4, -0.2) is 42.8 Å². The first-order valence-corrected chi connectivity index (χ1v) is 5.54. The highest BCUT2D eigenvalue weighted by Crippen LogP contribution is 2.19. The summed E-state index contributed by atoms with van der Waals surface area (Å²) in [4.78, 5) is 25.1. The van der Waals surface area contributed by atoms with Crippen molar-refractivity contribution in [1.82, 2.24) is 4.90 Å². The molecule has 0 bridgehead atoms. The van der Waals surface area contributed by atoms with Gasteiger partial charge in [0, 0.05) is 32.0 Å². The second-order valence-corrected chi connectivity index (χ2v) is 3.90. The molecule has 2 N–H and O–H groups in total. The lowest BCUT2D eigenvalue weighted by Gasteiger charge is -2.18. The van der Waals surface area contributed by atoms with E-state index < -0.39 is 6.09 Å². The van der Waals surface area contributed by atoms with Crippen molar-refractivity contribution in [2.24, 2.45) is 0 Å². The van der Waals surface area contributed by atoms with Crippen LogP contribution in [0.3, 0.4) is 0 Å². The lowest BCUT2D eigenvalue weighted by atomic mass is 10.2. The fourth-order valence-electron chi connectivity index (χ4n) is 1.42. The van der Waals surface area contributed by atoms with Gasteiger partial charge in [-0.05, 0) is 25.1 Å². The summed E-state index contributed by atoms with van der Waals surface area (Å²) < 4.78 is 0. The van der Waals surface area contributed by atoms with Crippen LogP contribution in [-0.2, 0) is 0 Å². The van der Waals surface area contributed by atoms with Crippen LogP contribution >= 0.6 is 0 Å². The van der Waals surface area contributed by atoms with Crippen molar-refractivity contribution in [2.75, 3.05) is 30.9 Å². The lowest BCUT2D eigenvalue weighted by molar-refractivity contribution is 0.202. The molecule has 0 aliphatic rings. The van der Waals surface area contributed by atoms with E-state index in [0.29, 0.717) is 17.9 Å². The predicted molar refractivity (Wildman–Crippen MR) is 70.2 cm³/mol. The van der Waals surface area contributed by atoms with Crippen molar-refractivity contribution in [3.8, 4) is 0 Å². The number of anilines is 2. The smallest absolute Gasteiger partial charge is 0.411 e. The molecule has 0 spiro atoms. The van der Waals surface area contributed by atoms with Gasteiger partial charge in [0.25, 0.3) is 0 Å². The van der Waals surface area contributed by atoms with E-state index in [1.807, 2.05) is 0 Å². The minimum absolute atomic E-state index is 0.259. The standard InChI is InChI=1S/C12H17N3O3/c1-4-15(12(17)18)10-7-5-6-9(8-10)13-11(16)14(2)3/h5-8H,4H2,1-3H3,(H,13,16)(H,17,18). The highest BCUT2D eigenvalue weighted by molar-refractivity contribution is 5.91. The van der Waals surface area contributed by atoms with Gasteiger partial charge in [0.1, 0.15) is 0 Å². The predicted octanol–water partition coefficient (Wildman–Crippen LogP) is 2.28. The molecule has 0 saturated carbocycles. The maximum absolute atomic E-state index is 11.5. The van der Waals surface area contributed by atoms with Gasteiger partial charge in [0.2, 0.25) is 0 Å². The van der Waals surface area contributed by atoms with Crippen molar-refractivity contribution in [3.05, 3.63) is 24.3 Å². The zero-order chi connectivity index (χ0) is 13.7. The first-order chi connectivity index (χ1) is 8.45. The molecule has 98 valence electrons. The summed E-state index contributed by atoms with van der Waals surface area (Å²) in [5.41, 5.74) is 1.09. The number of benzene rings is 1. The summed E-state index contributed by atoms with van der Waals surface area (Å²) in [6.45, 7) is 2.10. The topological polar surface area (TPSA) is 72.9 Å². The lowest BCUT2D eigenvalue weighted by Crippen LogP contribution is -2.29. The third-order valence-electron chi connectivity index (χ3n) is 2.36. The summed E-state index contributed by atoms with van der Waals surface area (Å²) in [6.07, 6.45) is -1.02. The molecule has 0 aromatic heterocycles. The number of carboxylic acid groups (broad SMARTS) is 1. The van der Waals surface area contributed by atoms with E-state index in [2.05, 4.69) is 5.32 Å². The number of carbonyl (C=O) groups is 2. The second-order valence-electron chi connectivity index (χ2n) is 3.90. The molecule has 0 fully saturated rings. The Bertz CT molecular complexity index is 446. The normalized spacial score (nSPS) is 9.72. The highest BCUT2D eigenvalue weighted by atomic mass is 16.4. The van der Waals surface area contributed by atoms with Gasteiger partial charge < -0.3 is 15.3 Å². The fourth-order valence-corrected chi connectivity index (χ4v) is 1.42. The Labute approximate surface area is 106 Å². The molecule has 3 amide bonds. The van der Waals surface area contributed by atoms with Gasteiger partial charge in [-0.3, -0.25) is 4.90 Å². The molecule has 0 aliphatic carbocycles. The monoisotopic (exact) mass is 251 g/mol. The van der Waals surface area contributed by atoms with E-state index in [4.69, 9.17) is 5.11 Å². The van der Waals surface area contributed by atoms with Crippen LogP contribution < -0.4 is 10.2 Å². The maximum Gasteiger partial charge on any atom is 0.411 e. The molecule has 1 aromatic carbocycles. The second kappa shape index (κ2) is 5.90. The largest absolute Gasteiger partial charge is 0.465 e. The molecule has 0 aliphatic heterocycles. The average Bonchev–Trinajstić information content (AvgIpc) is 2.29. The Hall–Kier alpha value is -2.24. The molecule has 0 radical (unpaired) electrons. The first kappa shape index (κ1) is 13.8. The van der Waals surface area contributed by atoms with E-state index in [9.17, 15) is 9.59 Å². The Kier molecular flexibility index (Phi) is 4.53. The van der Waals surface area contributed by atoms with Crippen molar-refractivity contribution in [1.29, 1.82) is 0 Å². The van der Waals surface area contributed by atoms with Crippen LogP contribution in [0.1, 0.15) is 6.92 Å². The summed E-state index contributed by atoms with van der Waals surface area (Å²) in [7, 11) is 3.27. The minimum atomic E-state index is -1.02. The van der Waals surface area contributed by atoms with Crippen LogP contribution in [0, 0.1) is 0 Å².